The SMILES string of the molecule is CCc1cc2c(cc1CC)CC(NC[C@@H](O)c1ccc(OCCN3CCCCC3)c3[nH]c(=O)ccc13)C2. The van der Waals surface area contributed by atoms with Gasteiger partial charge in [-0.2, -0.15) is 0 Å². The Morgan fingerprint density at radius 2 is 1.73 bits per heavy atom. The number of fused-ring (bicyclic) bond motifs is 2. The standard InChI is InChI=1S/C31H41N3O3/c1-3-21-16-23-18-25(19-24(23)17-22(21)4-2)32-20-28(35)26-8-10-29(31-27(26)9-11-30(36)33-31)37-15-14-34-12-6-5-7-13-34/h8-11,16-17,25,28,32,35H,3-7,12-15,18-20H2,1-2H3,(H,33,36)/t28-/m1/s1. The smallest absolute Gasteiger partial charge is 0.248 e. The highest BCUT2D eigenvalue weighted by atomic mass is 16.5. The van der Waals surface area contributed by atoms with Crippen molar-refractivity contribution in [3.8, 4) is 5.75 Å². The van der Waals surface area contributed by atoms with Gasteiger partial charge in [-0.05, 0) is 91.6 Å². The molecule has 2 heterocycles. The van der Waals surface area contributed by atoms with Crippen LogP contribution in [0.15, 0.2) is 41.2 Å². The van der Waals surface area contributed by atoms with Gasteiger partial charge < -0.3 is 20.1 Å². The summed E-state index contributed by atoms with van der Waals surface area (Å²) in [4.78, 5) is 17.5. The molecule has 3 aromatic rings. The number of aliphatic hydroxyl groups excluding tert-OH is 1. The van der Waals surface area contributed by atoms with Crippen molar-refractivity contribution in [2.24, 2.45) is 0 Å². The molecule has 0 bridgehead atoms. The number of hydrogen-bond acceptors (Lipinski definition) is 5. The van der Waals surface area contributed by atoms with Crippen molar-refractivity contribution in [1.29, 1.82) is 0 Å². The predicted molar refractivity (Wildman–Crippen MR) is 150 cm³/mol. The molecule has 198 valence electrons. The molecular weight excluding hydrogens is 462 g/mol. The quantitative estimate of drug-likeness (QED) is 0.384. The van der Waals surface area contributed by atoms with Gasteiger partial charge in [0.05, 0.1) is 11.6 Å². The zero-order chi connectivity index (χ0) is 25.8. The van der Waals surface area contributed by atoms with Crippen molar-refractivity contribution in [3.05, 3.63) is 74.6 Å². The van der Waals surface area contributed by atoms with Gasteiger partial charge in [-0.1, -0.05) is 38.5 Å². The molecule has 0 spiro atoms. The van der Waals surface area contributed by atoms with Crippen LogP contribution in [0.25, 0.3) is 10.9 Å². The monoisotopic (exact) mass is 503 g/mol. The largest absolute Gasteiger partial charge is 0.490 e. The van der Waals surface area contributed by atoms with Crippen LogP contribution < -0.4 is 15.6 Å². The highest BCUT2D eigenvalue weighted by Gasteiger charge is 2.24. The Labute approximate surface area is 220 Å². The van der Waals surface area contributed by atoms with Crippen LogP contribution in [0.1, 0.15) is 67.0 Å². The maximum absolute atomic E-state index is 12.1. The molecule has 0 saturated carbocycles. The lowest BCUT2D eigenvalue weighted by atomic mass is 9.97. The summed E-state index contributed by atoms with van der Waals surface area (Å²) in [5, 5.41) is 15.6. The molecule has 0 amide bonds. The summed E-state index contributed by atoms with van der Waals surface area (Å²) in [6.45, 7) is 8.64. The minimum absolute atomic E-state index is 0.167. The summed E-state index contributed by atoms with van der Waals surface area (Å²) in [6, 6.07) is 12.2. The molecule has 5 rings (SSSR count). The fraction of sp³-hybridized carbons (Fsp3) is 0.516. The number of pyridine rings is 1. The Kier molecular flexibility index (Phi) is 8.28. The van der Waals surface area contributed by atoms with E-state index in [9.17, 15) is 9.90 Å². The van der Waals surface area contributed by atoms with E-state index in [1.54, 1.807) is 6.07 Å². The van der Waals surface area contributed by atoms with Crippen LogP contribution in [0, 0.1) is 0 Å². The van der Waals surface area contributed by atoms with Crippen LogP contribution in [0.4, 0.5) is 0 Å². The zero-order valence-corrected chi connectivity index (χ0v) is 22.3. The van der Waals surface area contributed by atoms with Crippen molar-refractivity contribution in [1.82, 2.24) is 15.2 Å². The Morgan fingerprint density at radius 1 is 1.03 bits per heavy atom. The van der Waals surface area contributed by atoms with Crippen LogP contribution in [0.2, 0.25) is 0 Å². The molecule has 2 aliphatic rings. The van der Waals surface area contributed by atoms with Crippen molar-refractivity contribution >= 4 is 10.9 Å². The average Bonchev–Trinajstić information content (AvgIpc) is 3.33. The van der Waals surface area contributed by atoms with Gasteiger partial charge in [0.25, 0.3) is 0 Å². The predicted octanol–water partition coefficient (Wildman–Crippen LogP) is 4.31. The molecule has 6 heteroatoms. The molecule has 3 N–H and O–H groups in total. The van der Waals surface area contributed by atoms with Crippen molar-refractivity contribution in [2.45, 2.75) is 70.9 Å². The molecule has 0 radical (unpaired) electrons. The minimum Gasteiger partial charge on any atom is -0.490 e. The molecule has 1 atom stereocenters. The number of aliphatic hydroxyl groups is 1. The number of hydrogen-bond donors (Lipinski definition) is 3. The van der Waals surface area contributed by atoms with E-state index in [0.29, 0.717) is 30.5 Å². The first-order valence-electron chi connectivity index (χ1n) is 14.1. The van der Waals surface area contributed by atoms with E-state index in [1.165, 1.54) is 47.6 Å². The maximum atomic E-state index is 12.1. The highest BCUT2D eigenvalue weighted by Crippen LogP contribution is 2.31. The van der Waals surface area contributed by atoms with E-state index in [-0.39, 0.29) is 5.56 Å². The van der Waals surface area contributed by atoms with Crippen LogP contribution in [-0.4, -0.2) is 53.8 Å². The van der Waals surface area contributed by atoms with Crippen LogP contribution in [-0.2, 0) is 25.7 Å². The second kappa shape index (κ2) is 11.8. The van der Waals surface area contributed by atoms with Gasteiger partial charge in [-0.3, -0.25) is 9.69 Å². The molecule has 1 aromatic heterocycles. The Hall–Kier alpha value is -2.67. The number of piperidine rings is 1. The maximum Gasteiger partial charge on any atom is 0.248 e. The number of ether oxygens (including phenoxy) is 1. The molecule has 1 fully saturated rings. The van der Waals surface area contributed by atoms with Crippen molar-refractivity contribution in [2.75, 3.05) is 32.8 Å². The number of rotatable bonds is 10. The highest BCUT2D eigenvalue weighted by molar-refractivity contribution is 5.87. The third-order valence-corrected chi connectivity index (χ3v) is 8.18. The van der Waals surface area contributed by atoms with Gasteiger partial charge in [0.15, 0.2) is 0 Å². The average molecular weight is 504 g/mol. The van der Waals surface area contributed by atoms with Gasteiger partial charge in [0.2, 0.25) is 5.56 Å². The number of aromatic amines is 1. The van der Waals surface area contributed by atoms with Gasteiger partial charge >= 0.3 is 0 Å². The third kappa shape index (κ3) is 5.92. The van der Waals surface area contributed by atoms with Gasteiger partial charge in [0, 0.05) is 30.6 Å². The van der Waals surface area contributed by atoms with Crippen LogP contribution in [0.3, 0.4) is 0 Å². The summed E-state index contributed by atoms with van der Waals surface area (Å²) < 4.78 is 6.12. The fourth-order valence-electron chi connectivity index (χ4n) is 6.09. The van der Waals surface area contributed by atoms with E-state index >= 15 is 0 Å². The lowest BCUT2D eigenvalue weighted by Crippen LogP contribution is -2.33. The Morgan fingerprint density at radius 3 is 2.41 bits per heavy atom. The van der Waals surface area contributed by atoms with Crippen molar-refractivity contribution in [3.63, 3.8) is 0 Å². The van der Waals surface area contributed by atoms with Gasteiger partial charge in [0.1, 0.15) is 12.4 Å². The number of aryl methyl sites for hydroxylation is 2. The second-order valence-corrected chi connectivity index (χ2v) is 10.6. The molecule has 1 saturated heterocycles. The van der Waals surface area contributed by atoms with Crippen LogP contribution >= 0.6 is 0 Å². The molecule has 0 unspecified atom stereocenters. The number of H-pyrrole nitrogens is 1. The molecule has 1 aliphatic carbocycles. The summed E-state index contributed by atoms with van der Waals surface area (Å²) in [7, 11) is 0. The first-order chi connectivity index (χ1) is 18.1. The zero-order valence-electron chi connectivity index (χ0n) is 22.3. The third-order valence-electron chi connectivity index (χ3n) is 8.18. The van der Waals surface area contributed by atoms with Crippen molar-refractivity contribution < 1.29 is 9.84 Å². The Balaban J connectivity index is 1.25. The number of likely N-dealkylation sites (tertiary alicyclic amines) is 1. The number of aromatic nitrogens is 1. The normalized spacial score (nSPS) is 17.3. The topological polar surface area (TPSA) is 77.6 Å². The molecule has 37 heavy (non-hydrogen) atoms. The lowest BCUT2D eigenvalue weighted by Gasteiger charge is -2.26. The number of nitrogens with one attached hydrogen (secondary N) is 2. The minimum atomic E-state index is -0.683. The van der Waals surface area contributed by atoms with E-state index in [0.717, 1.165) is 56.3 Å². The first-order valence-corrected chi connectivity index (χ1v) is 14.1. The van der Waals surface area contributed by atoms with Crippen LogP contribution in [0.5, 0.6) is 5.75 Å². The van der Waals surface area contributed by atoms with Gasteiger partial charge in [-0.15, -0.1) is 0 Å². The molecular formula is C31H41N3O3. The summed E-state index contributed by atoms with van der Waals surface area (Å²) >= 11 is 0. The van der Waals surface area contributed by atoms with E-state index in [4.69, 9.17) is 4.74 Å². The fourth-order valence-corrected chi connectivity index (χ4v) is 6.09. The van der Waals surface area contributed by atoms with E-state index < -0.39 is 6.10 Å². The summed E-state index contributed by atoms with van der Waals surface area (Å²) in [6.07, 6.45) is 7.27. The first kappa shape index (κ1) is 26.0. The Bertz CT molecular complexity index is 1250. The summed E-state index contributed by atoms with van der Waals surface area (Å²) in [5.41, 5.74) is 7.10. The second-order valence-electron chi connectivity index (χ2n) is 10.6. The van der Waals surface area contributed by atoms with Gasteiger partial charge in [-0.25, -0.2) is 0 Å². The number of nitrogens with zero attached hydrogens (tertiary/aromatic N) is 1. The lowest BCUT2D eigenvalue weighted by molar-refractivity contribution is 0.171. The number of benzene rings is 2. The molecule has 6 nitrogen and oxygen atoms in total. The van der Waals surface area contributed by atoms with E-state index in [2.05, 4.69) is 41.2 Å². The summed E-state index contributed by atoms with van der Waals surface area (Å²) in [5.74, 6) is 0.665. The molecule has 2 aromatic carbocycles. The van der Waals surface area contributed by atoms with E-state index in [1.807, 2.05) is 12.1 Å². The molecule has 1 aliphatic heterocycles.